The molecule has 1 aromatic heterocycles. The molecule has 0 amide bonds. The third kappa shape index (κ3) is 1.78. The normalized spacial score (nSPS) is 9.64. The average molecular weight is 154 g/mol. The van der Waals surface area contributed by atoms with E-state index in [1.54, 1.807) is 25.2 Å². The number of aromatic amines is 1. The van der Waals surface area contributed by atoms with Crippen LogP contribution < -0.4 is 16.1 Å². The Balaban J connectivity index is 2.96. The third-order valence-electron chi connectivity index (χ3n) is 1.36. The first-order valence-corrected chi connectivity index (χ1v) is 3.20. The molecule has 0 saturated carbocycles. The minimum absolute atomic E-state index is 0.343. The van der Waals surface area contributed by atoms with Gasteiger partial charge in [0.15, 0.2) is 0 Å². The highest BCUT2D eigenvalue weighted by Crippen LogP contribution is 1.98. The minimum atomic E-state index is -0.343. The maximum atomic E-state index is 10.7. The molecule has 0 aliphatic carbocycles. The van der Waals surface area contributed by atoms with E-state index in [2.05, 4.69) is 15.4 Å². The second-order valence-corrected chi connectivity index (χ2v) is 2.04. The second kappa shape index (κ2) is 3.16. The fourth-order valence-corrected chi connectivity index (χ4v) is 0.675. The van der Waals surface area contributed by atoms with Crippen LogP contribution >= 0.6 is 0 Å². The van der Waals surface area contributed by atoms with Gasteiger partial charge in [0, 0.05) is 20.3 Å². The van der Waals surface area contributed by atoms with Gasteiger partial charge >= 0.3 is 5.69 Å². The predicted octanol–water partition coefficient (Wildman–Crippen LogP) is -0.659. The van der Waals surface area contributed by atoms with Crippen LogP contribution in [0.1, 0.15) is 0 Å². The SMILES string of the molecule is CNN(C)c1ccnc(=O)[nH]1. The smallest absolute Gasteiger partial charge is 0.297 e. The highest BCUT2D eigenvalue weighted by atomic mass is 16.1. The molecule has 1 aromatic rings. The lowest BCUT2D eigenvalue weighted by molar-refractivity contribution is 0.769. The van der Waals surface area contributed by atoms with Crippen molar-refractivity contribution < 1.29 is 0 Å². The first kappa shape index (κ1) is 7.74. The summed E-state index contributed by atoms with van der Waals surface area (Å²) in [5.41, 5.74) is 2.50. The van der Waals surface area contributed by atoms with Crippen molar-refractivity contribution in [2.45, 2.75) is 0 Å². The molecule has 0 unspecified atom stereocenters. The Labute approximate surface area is 64.0 Å². The Morgan fingerprint density at radius 1 is 1.73 bits per heavy atom. The van der Waals surface area contributed by atoms with Crippen LogP contribution in [0.2, 0.25) is 0 Å². The van der Waals surface area contributed by atoms with Gasteiger partial charge in [0.25, 0.3) is 0 Å². The van der Waals surface area contributed by atoms with E-state index in [0.717, 1.165) is 0 Å². The fourth-order valence-electron chi connectivity index (χ4n) is 0.675. The number of anilines is 1. The quantitative estimate of drug-likeness (QED) is 0.555. The van der Waals surface area contributed by atoms with Gasteiger partial charge in [0.05, 0.1) is 0 Å². The number of nitrogens with zero attached hydrogens (tertiary/aromatic N) is 2. The zero-order valence-electron chi connectivity index (χ0n) is 6.46. The van der Waals surface area contributed by atoms with Gasteiger partial charge in [-0.05, 0) is 6.07 Å². The fraction of sp³-hybridized carbons (Fsp3) is 0.333. The van der Waals surface area contributed by atoms with Crippen molar-refractivity contribution in [3.63, 3.8) is 0 Å². The summed E-state index contributed by atoms with van der Waals surface area (Å²) in [4.78, 5) is 16.7. The van der Waals surface area contributed by atoms with Crippen molar-refractivity contribution in [3.8, 4) is 0 Å². The first-order chi connectivity index (χ1) is 5.24. The molecule has 0 atom stereocenters. The van der Waals surface area contributed by atoms with E-state index in [-0.39, 0.29) is 5.69 Å². The van der Waals surface area contributed by atoms with Crippen molar-refractivity contribution >= 4 is 5.82 Å². The summed E-state index contributed by atoms with van der Waals surface area (Å²) < 4.78 is 0. The number of H-pyrrole nitrogens is 1. The largest absolute Gasteiger partial charge is 0.346 e. The number of nitrogens with one attached hydrogen (secondary N) is 2. The van der Waals surface area contributed by atoms with Gasteiger partial charge in [0.1, 0.15) is 5.82 Å². The molecular formula is C6H10N4O. The molecule has 0 aliphatic heterocycles. The van der Waals surface area contributed by atoms with Crippen molar-refractivity contribution in [3.05, 3.63) is 22.7 Å². The number of rotatable bonds is 2. The van der Waals surface area contributed by atoms with E-state index in [1.165, 1.54) is 6.20 Å². The Morgan fingerprint density at radius 3 is 3.00 bits per heavy atom. The molecule has 1 heterocycles. The first-order valence-electron chi connectivity index (χ1n) is 3.20. The second-order valence-electron chi connectivity index (χ2n) is 2.04. The number of aromatic nitrogens is 2. The van der Waals surface area contributed by atoms with Crippen LogP contribution in [0.4, 0.5) is 5.82 Å². The van der Waals surface area contributed by atoms with Gasteiger partial charge in [-0.25, -0.2) is 15.2 Å². The standard InChI is InChI=1S/C6H10N4O/c1-7-10(2)5-3-4-8-6(11)9-5/h3-4,7H,1-2H3,(H,8,9,11). The zero-order chi connectivity index (χ0) is 8.27. The molecule has 0 aliphatic rings. The maximum absolute atomic E-state index is 10.7. The topological polar surface area (TPSA) is 61.0 Å². The van der Waals surface area contributed by atoms with Gasteiger partial charge in [-0.2, -0.15) is 0 Å². The lowest BCUT2D eigenvalue weighted by atomic mass is 10.6. The molecule has 5 heteroatoms. The molecular weight excluding hydrogens is 144 g/mol. The molecule has 0 bridgehead atoms. The monoisotopic (exact) mass is 154 g/mol. The summed E-state index contributed by atoms with van der Waals surface area (Å²) in [6, 6.07) is 1.71. The molecule has 60 valence electrons. The van der Waals surface area contributed by atoms with E-state index in [9.17, 15) is 4.79 Å². The van der Waals surface area contributed by atoms with Crippen molar-refractivity contribution in [1.29, 1.82) is 0 Å². The number of hydrazine groups is 1. The predicted molar refractivity (Wildman–Crippen MR) is 42.3 cm³/mol. The van der Waals surface area contributed by atoms with Crippen LogP contribution in [-0.2, 0) is 0 Å². The molecule has 11 heavy (non-hydrogen) atoms. The summed E-state index contributed by atoms with van der Waals surface area (Å²) in [5.74, 6) is 0.688. The molecule has 0 saturated heterocycles. The lowest BCUT2D eigenvalue weighted by Gasteiger charge is -2.15. The Kier molecular flexibility index (Phi) is 2.22. The van der Waals surface area contributed by atoms with Crippen LogP contribution in [0.25, 0.3) is 0 Å². The summed E-state index contributed by atoms with van der Waals surface area (Å²) in [6.07, 6.45) is 1.46. The average Bonchev–Trinajstić information content (AvgIpc) is 2.03. The molecule has 1 rings (SSSR count). The van der Waals surface area contributed by atoms with Crippen LogP contribution in [0, 0.1) is 0 Å². The van der Waals surface area contributed by atoms with Gasteiger partial charge in [-0.15, -0.1) is 0 Å². The summed E-state index contributed by atoms with van der Waals surface area (Å²) in [7, 11) is 3.56. The summed E-state index contributed by atoms with van der Waals surface area (Å²) in [6.45, 7) is 0. The molecule has 0 radical (unpaired) electrons. The number of hydrogen-bond donors (Lipinski definition) is 2. The minimum Gasteiger partial charge on any atom is -0.297 e. The molecule has 5 nitrogen and oxygen atoms in total. The van der Waals surface area contributed by atoms with Crippen molar-refractivity contribution in [2.24, 2.45) is 0 Å². The molecule has 0 aromatic carbocycles. The van der Waals surface area contributed by atoms with E-state index < -0.39 is 0 Å². The highest BCUT2D eigenvalue weighted by Gasteiger charge is 1.96. The van der Waals surface area contributed by atoms with Gasteiger partial charge in [0.2, 0.25) is 0 Å². The maximum Gasteiger partial charge on any atom is 0.346 e. The van der Waals surface area contributed by atoms with Crippen LogP contribution in [0.5, 0.6) is 0 Å². The van der Waals surface area contributed by atoms with E-state index >= 15 is 0 Å². The van der Waals surface area contributed by atoms with Crippen molar-refractivity contribution in [2.75, 3.05) is 19.1 Å². The Hall–Kier alpha value is -1.36. The van der Waals surface area contributed by atoms with Gasteiger partial charge in [-0.3, -0.25) is 9.99 Å². The van der Waals surface area contributed by atoms with Gasteiger partial charge in [-0.1, -0.05) is 0 Å². The lowest BCUT2D eigenvalue weighted by Crippen LogP contribution is -2.32. The van der Waals surface area contributed by atoms with Crippen LogP contribution in [0.3, 0.4) is 0 Å². The highest BCUT2D eigenvalue weighted by molar-refractivity contribution is 5.32. The van der Waals surface area contributed by atoms with E-state index in [1.807, 2.05) is 0 Å². The summed E-state index contributed by atoms with van der Waals surface area (Å²) >= 11 is 0. The van der Waals surface area contributed by atoms with Crippen LogP contribution in [0.15, 0.2) is 17.1 Å². The van der Waals surface area contributed by atoms with E-state index in [4.69, 9.17) is 0 Å². The Morgan fingerprint density at radius 2 is 2.45 bits per heavy atom. The van der Waals surface area contributed by atoms with E-state index in [0.29, 0.717) is 5.82 Å². The Bertz CT molecular complexity index is 282. The molecule has 2 N–H and O–H groups in total. The number of hydrogen-bond acceptors (Lipinski definition) is 4. The van der Waals surface area contributed by atoms with Crippen LogP contribution in [-0.4, -0.2) is 24.1 Å². The third-order valence-corrected chi connectivity index (χ3v) is 1.36. The summed E-state index contributed by atoms with van der Waals surface area (Å²) in [5, 5.41) is 1.68. The van der Waals surface area contributed by atoms with Crippen molar-refractivity contribution in [1.82, 2.24) is 15.4 Å². The molecule has 0 fully saturated rings. The zero-order valence-corrected chi connectivity index (χ0v) is 6.46. The van der Waals surface area contributed by atoms with Gasteiger partial charge < -0.3 is 0 Å². The molecule has 0 spiro atoms.